The van der Waals surface area contributed by atoms with Crippen molar-refractivity contribution in [2.45, 2.75) is 6.92 Å². The Morgan fingerprint density at radius 2 is 1.95 bits per heavy atom. The first-order valence-corrected chi connectivity index (χ1v) is 6.56. The summed E-state index contributed by atoms with van der Waals surface area (Å²) < 4.78 is 6.06. The van der Waals surface area contributed by atoms with E-state index < -0.39 is 0 Å². The molecular formula is C15H14BrNO2. The molecule has 98 valence electrons. The average Bonchev–Trinajstić information content (AvgIpc) is 2.36. The molecule has 2 rings (SSSR count). The van der Waals surface area contributed by atoms with Gasteiger partial charge in [-0.15, -0.1) is 0 Å². The van der Waals surface area contributed by atoms with Gasteiger partial charge in [0.2, 0.25) is 0 Å². The van der Waals surface area contributed by atoms with Gasteiger partial charge in [0.25, 0.3) is 0 Å². The molecule has 0 fully saturated rings. The number of ether oxygens (including phenoxy) is 1. The van der Waals surface area contributed by atoms with Crippen LogP contribution in [0, 0.1) is 6.92 Å². The maximum absolute atomic E-state index is 12.5. The van der Waals surface area contributed by atoms with Crippen LogP contribution in [-0.2, 0) is 0 Å². The first kappa shape index (κ1) is 13.6. The second-order valence-corrected chi connectivity index (χ2v) is 5.22. The van der Waals surface area contributed by atoms with E-state index in [2.05, 4.69) is 15.9 Å². The van der Waals surface area contributed by atoms with Crippen molar-refractivity contribution in [1.82, 2.24) is 0 Å². The Balaban J connectivity index is 2.52. The third-order valence-electron chi connectivity index (χ3n) is 2.77. The lowest BCUT2D eigenvalue weighted by Crippen LogP contribution is -2.05. The molecule has 0 heterocycles. The number of ketones is 1. The van der Waals surface area contributed by atoms with Gasteiger partial charge in [0.15, 0.2) is 5.78 Å². The summed E-state index contributed by atoms with van der Waals surface area (Å²) >= 11 is 3.36. The van der Waals surface area contributed by atoms with Crippen molar-refractivity contribution in [3.63, 3.8) is 0 Å². The number of nitrogens with two attached hydrogens (primary N) is 1. The van der Waals surface area contributed by atoms with Crippen LogP contribution in [0.15, 0.2) is 40.9 Å². The van der Waals surface area contributed by atoms with E-state index in [1.165, 1.54) is 0 Å². The lowest BCUT2D eigenvalue weighted by Gasteiger charge is -2.09. The highest BCUT2D eigenvalue weighted by atomic mass is 79.9. The van der Waals surface area contributed by atoms with Crippen molar-refractivity contribution >= 4 is 27.4 Å². The Morgan fingerprint density at radius 3 is 2.58 bits per heavy atom. The zero-order valence-corrected chi connectivity index (χ0v) is 12.3. The van der Waals surface area contributed by atoms with E-state index in [1.807, 2.05) is 25.1 Å². The summed E-state index contributed by atoms with van der Waals surface area (Å²) in [6, 6.07) is 10.7. The van der Waals surface area contributed by atoms with E-state index in [-0.39, 0.29) is 5.78 Å². The third-order valence-corrected chi connectivity index (χ3v) is 3.26. The summed E-state index contributed by atoms with van der Waals surface area (Å²) in [5.74, 6) is 0.446. The predicted octanol–water partition coefficient (Wildman–Crippen LogP) is 3.58. The van der Waals surface area contributed by atoms with Gasteiger partial charge in [0.1, 0.15) is 5.75 Å². The van der Waals surface area contributed by atoms with E-state index in [4.69, 9.17) is 10.5 Å². The van der Waals surface area contributed by atoms with Crippen LogP contribution < -0.4 is 10.5 Å². The Kier molecular flexibility index (Phi) is 3.90. The summed E-state index contributed by atoms with van der Waals surface area (Å²) in [6.45, 7) is 1.91. The summed E-state index contributed by atoms with van der Waals surface area (Å²) in [6.07, 6.45) is 0. The molecule has 0 radical (unpaired) electrons. The largest absolute Gasteiger partial charge is 0.496 e. The van der Waals surface area contributed by atoms with Gasteiger partial charge in [-0.1, -0.05) is 15.9 Å². The summed E-state index contributed by atoms with van der Waals surface area (Å²) in [5, 5.41) is 0. The molecule has 0 aliphatic carbocycles. The zero-order chi connectivity index (χ0) is 14.0. The number of aryl methyl sites for hydroxylation is 1. The molecule has 2 N–H and O–H groups in total. The molecule has 2 aromatic carbocycles. The predicted molar refractivity (Wildman–Crippen MR) is 79.7 cm³/mol. The highest BCUT2D eigenvalue weighted by Gasteiger charge is 2.15. The van der Waals surface area contributed by atoms with Gasteiger partial charge in [-0.05, 0) is 48.9 Å². The van der Waals surface area contributed by atoms with Gasteiger partial charge in [-0.2, -0.15) is 0 Å². The molecular weight excluding hydrogens is 306 g/mol. The van der Waals surface area contributed by atoms with Gasteiger partial charge in [-0.3, -0.25) is 4.79 Å². The summed E-state index contributed by atoms with van der Waals surface area (Å²) in [5.41, 5.74) is 8.40. The molecule has 0 aromatic heterocycles. The lowest BCUT2D eigenvalue weighted by atomic mass is 10.0. The number of carbonyl (C=O) groups excluding carboxylic acids is 1. The van der Waals surface area contributed by atoms with Gasteiger partial charge in [0.05, 0.1) is 12.7 Å². The molecule has 3 nitrogen and oxygen atoms in total. The molecule has 4 heteroatoms. The van der Waals surface area contributed by atoms with Crippen molar-refractivity contribution < 1.29 is 9.53 Å². The van der Waals surface area contributed by atoms with Crippen LogP contribution >= 0.6 is 15.9 Å². The Morgan fingerprint density at radius 1 is 1.21 bits per heavy atom. The highest BCUT2D eigenvalue weighted by Crippen LogP contribution is 2.26. The SMILES string of the molecule is COc1ccc(Br)cc1C(=O)c1cc(C)cc(N)c1. The molecule has 0 aliphatic heterocycles. The Hall–Kier alpha value is -1.81. The molecule has 0 amide bonds. The molecule has 0 unspecified atom stereocenters. The monoisotopic (exact) mass is 319 g/mol. The van der Waals surface area contributed by atoms with Crippen LogP contribution in [0.25, 0.3) is 0 Å². The van der Waals surface area contributed by atoms with Crippen LogP contribution in [-0.4, -0.2) is 12.9 Å². The van der Waals surface area contributed by atoms with Crippen molar-refractivity contribution in [3.05, 3.63) is 57.6 Å². The van der Waals surface area contributed by atoms with Crippen LogP contribution in [0.2, 0.25) is 0 Å². The number of benzene rings is 2. The minimum absolute atomic E-state index is 0.103. The van der Waals surface area contributed by atoms with E-state index >= 15 is 0 Å². The maximum Gasteiger partial charge on any atom is 0.196 e. The van der Waals surface area contributed by atoms with Gasteiger partial charge >= 0.3 is 0 Å². The molecule has 0 saturated heterocycles. The quantitative estimate of drug-likeness (QED) is 0.695. The molecule has 0 bridgehead atoms. The normalized spacial score (nSPS) is 10.3. The van der Waals surface area contributed by atoms with Gasteiger partial charge < -0.3 is 10.5 Å². The van der Waals surface area contributed by atoms with E-state index in [0.717, 1.165) is 10.0 Å². The third kappa shape index (κ3) is 2.96. The minimum Gasteiger partial charge on any atom is -0.496 e. The molecule has 0 aliphatic rings. The van der Waals surface area contributed by atoms with Gasteiger partial charge in [-0.25, -0.2) is 0 Å². The second kappa shape index (κ2) is 5.45. The van der Waals surface area contributed by atoms with Crippen LogP contribution in [0.3, 0.4) is 0 Å². The van der Waals surface area contributed by atoms with E-state index in [0.29, 0.717) is 22.6 Å². The average molecular weight is 320 g/mol. The molecule has 0 atom stereocenters. The van der Waals surface area contributed by atoms with Gasteiger partial charge in [0, 0.05) is 15.7 Å². The number of hydrogen-bond donors (Lipinski definition) is 1. The van der Waals surface area contributed by atoms with Crippen molar-refractivity contribution in [3.8, 4) is 5.75 Å². The van der Waals surface area contributed by atoms with Crippen molar-refractivity contribution in [2.75, 3.05) is 12.8 Å². The number of nitrogen functional groups attached to an aromatic ring is 1. The Labute approximate surface area is 120 Å². The van der Waals surface area contributed by atoms with E-state index in [1.54, 1.807) is 25.3 Å². The zero-order valence-electron chi connectivity index (χ0n) is 10.7. The first-order valence-electron chi connectivity index (χ1n) is 5.76. The van der Waals surface area contributed by atoms with Crippen molar-refractivity contribution in [1.29, 1.82) is 0 Å². The summed E-state index contributed by atoms with van der Waals surface area (Å²) in [4.78, 5) is 12.5. The van der Waals surface area contributed by atoms with Crippen LogP contribution in [0.4, 0.5) is 5.69 Å². The van der Waals surface area contributed by atoms with Crippen LogP contribution in [0.1, 0.15) is 21.5 Å². The topological polar surface area (TPSA) is 52.3 Å². The number of anilines is 1. The minimum atomic E-state index is -0.103. The number of methoxy groups -OCH3 is 1. The molecule has 0 spiro atoms. The van der Waals surface area contributed by atoms with Crippen molar-refractivity contribution in [2.24, 2.45) is 0 Å². The highest BCUT2D eigenvalue weighted by molar-refractivity contribution is 9.10. The standard InChI is InChI=1S/C15H14BrNO2/c1-9-5-10(7-12(17)6-9)15(18)13-8-11(16)3-4-14(13)19-2/h3-8H,17H2,1-2H3. The molecule has 0 saturated carbocycles. The number of rotatable bonds is 3. The smallest absolute Gasteiger partial charge is 0.196 e. The number of hydrogen-bond acceptors (Lipinski definition) is 3. The molecule has 19 heavy (non-hydrogen) atoms. The Bertz CT molecular complexity index is 618. The maximum atomic E-state index is 12.5. The first-order chi connectivity index (χ1) is 9.01. The second-order valence-electron chi connectivity index (χ2n) is 4.31. The number of halogens is 1. The fourth-order valence-corrected chi connectivity index (χ4v) is 2.32. The van der Waals surface area contributed by atoms with E-state index in [9.17, 15) is 4.79 Å². The number of carbonyl (C=O) groups is 1. The fourth-order valence-electron chi connectivity index (χ4n) is 1.96. The molecule has 2 aromatic rings. The summed E-state index contributed by atoms with van der Waals surface area (Å²) in [7, 11) is 1.55. The van der Waals surface area contributed by atoms with Crippen LogP contribution in [0.5, 0.6) is 5.75 Å². The lowest BCUT2D eigenvalue weighted by molar-refractivity contribution is 0.103. The fraction of sp³-hybridized carbons (Fsp3) is 0.133.